The lowest BCUT2D eigenvalue weighted by Gasteiger charge is -2.26. The maximum atomic E-state index is 12.8. The molecule has 3 aromatic heterocycles. The molecule has 9 nitrogen and oxygen atoms in total. The zero-order chi connectivity index (χ0) is 22.9. The minimum absolute atomic E-state index is 0.226. The van der Waals surface area contributed by atoms with Crippen molar-refractivity contribution in [1.82, 2.24) is 24.8 Å². The van der Waals surface area contributed by atoms with Crippen LogP contribution in [0.2, 0.25) is 0 Å². The number of anilines is 1. The number of hydrogen-bond donors (Lipinski definition) is 1. The van der Waals surface area contributed by atoms with Crippen molar-refractivity contribution in [3.05, 3.63) is 46.5 Å². The summed E-state index contributed by atoms with van der Waals surface area (Å²) >= 11 is 3.28. The summed E-state index contributed by atoms with van der Waals surface area (Å²) in [5, 5.41) is 0. The molecular formula is C22H25BrN6O3. The summed E-state index contributed by atoms with van der Waals surface area (Å²) in [6.45, 7) is 8.20. The van der Waals surface area contributed by atoms with Gasteiger partial charge in [-0.3, -0.25) is 4.79 Å². The number of rotatable bonds is 3. The van der Waals surface area contributed by atoms with Crippen LogP contribution in [0.3, 0.4) is 0 Å². The van der Waals surface area contributed by atoms with Crippen molar-refractivity contribution in [3.63, 3.8) is 0 Å². The van der Waals surface area contributed by atoms with E-state index in [1.165, 1.54) is 0 Å². The van der Waals surface area contributed by atoms with Gasteiger partial charge in [-0.1, -0.05) is 0 Å². The molecule has 0 aromatic carbocycles. The van der Waals surface area contributed by atoms with Crippen molar-refractivity contribution in [2.45, 2.75) is 32.8 Å². The van der Waals surface area contributed by atoms with Gasteiger partial charge in [-0.05, 0) is 67.4 Å². The number of ether oxygens (including phenoxy) is 1. The molecule has 0 unspecified atom stereocenters. The van der Waals surface area contributed by atoms with Gasteiger partial charge in [0.05, 0.1) is 0 Å². The highest BCUT2D eigenvalue weighted by Gasteiger charge is 2.25. The van der Waals surface area contributed by atoms with E-state index in [9.17, 15) is 9.59 Å². The van der Waals surface area contributed by atoms with Crippen LogP contribution >= 0.6 is 15.9 Å². The molecular weight excluding hydrogens is 476 g/mol. The van der Waals surface area contributed by atoms with Crippen molar-refractivity contribution in [2.75, 3.05) is 31.1 Å². The Bertz CT molecular complexity index is 1160. The topological polar surface area (TPSA) is 104 Å². The van der Waals surface area contributed by atoms with Crippen LogP contribution in [-0.4, -0.2) is 68.5 Å². The highest BCUT2D eigenvalue weighted by molar-refractivity contribution is 9.10. The van der Waals surface area contributed by atoms with E-state index >= 15 is 0 Å². The van der Waals surface area contributed by atoms with Crippen LogP contribution in [0.15, 0.2) is 35.1 Å². The zero-order valence-corrected chi connectivity index (χ0v) is 19.8. The standard InChI is InChI=1S/C22H25BrN6O3/c1-22(2,3)32-21(31)29-10-4-9-28(11-12-29)17-6-5-15-19(26-17)27-20(25-15)18(30)14-7-8-24-16(23)13-14/h5-8,13H,4,9-12H2,1-3H3,(H,25,26,27). The van der Waals surface area contributed by atoms with Crippen molar-refractivity contribution in [1.29, 1.82) is 0 Å². The van der Waals surface area contributed by atoms with Gasteiger partial charge in [-0.2, -0.15) is 0 Å². The largest absolute Gasteiger partial charge is 0.444 e. The smallest absolute Gasteiger partial charge is 0.410 e. The van der Waals surface area contributed by atoms with Crippen molar-refractivity contribution < 1.29 is 14.3 Å². The molecule has 4 rings (SSSR count). The average Bonchev–Trinajstić information content (AvgIpc) is 2.99. The summed E-state index contributed by atoms with van der Waals surface area (Å²) in [7, 11) is 0. The number of fused-ring (bicyclic) bond motifs is 1. The molecule has 10 heteroatoms. The van der Waals surface area contributed by atoms with E-state index in [-0.39, 0.29) is 17.7 Å². The van der Waals surface area contributed by atoms with Crippen molar-refractivity contribution in [3.8, 4) is 0 Å². The first kappa shape index (κ1) is 22.2. The number of halogens is 1. The van der Waals surface area contributed by atoms with Crippen LogP contribution in [0.25, 0.3) is 11.2 Å². The first-order valence-corrected chi connectivity index (χ1v) is 11.2. The third-order valence-corrected chi connectivity index (χ3v) is 5.44. The van der Waals surface area contributed by atoms with Gasteiger partial charge in [0.25, 0.3) is 0 Å². The van der Waals surface area contributed by atoms with E-state index < -0.39 is 5.60 Å². The lowest BCUT2D eigenvalue weighted by molar-refractivity contribution is 0.0263. The van der Waals surface area contributed by atoms with E-state index in [0.717, 1.165) is 18.8 Å². The second kappa shape index (κ2) is 8.85. The number of nitrogens with one attached hydrogen (secondary N) is 1. The number of aromatic amines is 1. The summed E-state index contributed by atoms with van der Waals surface area (Å²) in [5.74, 6) is 0.781. The lowest BCUT2D eigenvalue weighted by atomic mass is 10.2. The normalized spacial score (nSPS) is 15.0. The molecule has 1 N–H and O–H groups in total. The Morgan fingerprint density at radius 2 is 1.91 bits per heavy atom. The van der Waals surface area contributed by atoms with Crippen LogP contribution < -0.4 is 4.90 Å². The number of H-pyrrole nitrogens is 1. The van der Waals surface area contributed by atoms with Gasteiger partial charge in [-0.15, -0.1) is 0 Å². The zero-order valence-electron chi connectivity index (χ0n) is 18.3. The summed E-state index contributed by atoms with van der Waals surface area (Å²) in [6.07, 6.45) is 2.08. The fourth-order valence-electron chi connectivity index (χ4n) is 3.50. The summed E-state index contributed by atoms with van der Waals surface area (Å²) in [6, 6.07) is 7.04. The first-order valence-electron chi connectivity index (χ1n) is 10.5. The highest BCUT2D eigenvalue weighted by atomic mass is 79.9. The van der Waals surface area contributed by atoms with E-state index in [4.69, 9.17) is 4.74 Å². The van der Waals surface area contributed by atoms with Crippen LogP contribution in [0.1, 0.15) is 43.4 Å². The third-order valence-electron chi connectivity index (χ3n) is 5.00. The Balaban J connectivity index is 1.49. The molecule has 3 aromatic rings. The SMILES string of the molecule is CC(C)(C)OC(=O)N1CCCN(c2ccc3nc(C(=O)c4ccnc(Br)c4)[nH]c3n2)CC1. The van der Waals surface area contributed by atoms with Crippen LogP contribution in [0, 0.1) is 0 Å². The number of pyridine rings is 2. The third kappa shape index (κ3) is 5.07. The van der Waals surface area contributed by atoms with E-state index in [1.54, 1.807) is 23.2 Å². The number of aromatic nitrogens is 4. The molecule has 0 atom stereocenters. The molecule has 1 aliphatic heterocycles. The van der Waals surface area contributed by atoms with Gasteiger partial charge in [-0.25, -0.2) is 19.7 Å². The van der Waals surface area contributed by atoms with E-state index in [1.807, 2.05) is 32.9 Å². The van der Waals surface area contributed by atoms with Gasteiger partial charge in [0.1, 0.15) is 21.5 Å². The van der Waals surface area contributed by atoms with Gasteiger partial charge < -0.3 is 19.5 Å². The van der Waals surface area contributed by atoms with Crippen LogP contribution in [0.4, 0.5) is 10.6 Å². The number of hydrogen-bond acceptors (Lipinski definition) is 7. The minimum atomic E-state index is -0.516. The number of carbonyl (C=O) groups excluding carboxylic acids is 2. The molecule has 32 heavy (non-hydrogen) atoms. The first-order chi connectivity index (χ1) is 15.2. The molecule has 1 fully saturated rings. The Morgan fingerprint density at radius 3 is 2.66 bits per heavy atom. The molecule has 4 heterocycles. The predicted octanol–water partition coefficient (Wildman–Crippen LogP) is 3.79. The second-order valence-electron chi connectivity index (χ2n) is 8.63. The molecule has 0 aliphatic carbocycles. The fourth-order valence-corrected chi connectivity index (χ4v) is 3.87. The maximum absolute atomic E-state index is 12.8. The number of carbonyl (C=O) groups is 2. The number of ketones is 1. The molecule has 1 aliphatic rings. The molecule has 0 saturated carbocycles. The summed E-state index contributed by atoms with van der Waals surface area (Å²) in [5.41, 5.74) is 1.14. The number of nitrogens with zero attached hydrogens (tertiary/aromatic N) is 5. The average molecular weight is 501 g/mol. The summed E-state index contributed by atoms with van der Waals surface area (Å²) in [4.78, 5) is 45.2. The summed E-state index contributed by atoms with van der Waals surface area (Å²) < 4.78 is 6.09. The van der Waals surface area contributed by atoms with Crippen molar-refractivity contribution >= 4 is 44.8 Å². The monoisotopic (exact) mass is 500 g/mol. The van der Waals surface area contributed by atoms with Gasteiger partial charge in [0.15, 0.2) is 11.5 Å². The molecule has 1 amide bonds. The molecule has 168 valence electrons. The fraction of sp³-hybridized carbons (Fsp3) is 0.409. The van der Waals surface area contributed by atoms with Crippen LogP contribution in [-0.2, 0) is 4.74 Å². The Morgan fingerprint density at radius 1 is 1.09 bits per heavy atom. The highest BCUT2D eigenvalue weighted by Crippen LogP contribution is 2.20. The lowest BCUT2D eigenvalue weighted by Crippen LogP contribution is -2.39. The molecule has 0 bridgehead atoms. The molecule has 1 saturated heterocycles. The number of amides is 1. The Kier molecular flexibility index (Phi) is 6.14. The Hall–Kier alpha value is -3.01. The predicted molar refractivity (Wildman–Crippen MR) is 124 cm³/mol. The van der Waals surface area contributed by atoms with E-state index in [0.29, 0.717) is 41.0 Å². The quantitative estimate of drug-likeness (QED) is 0.430. The molecule has 0 spiro atoms. The minimum Gasteiger partial charge on any atom is -0.444 e. The second-order valence-corrected chi connectivity index (χ2v) is 9.44. The van der Waals surface area contributed by atoms with E-state index in [2.05, 4.69) is 40.8 Å². The molecule has 0 radical (unpaired) electrons. The maximum Gasteiger partial charge on any atom is 0.410 e. The van der Waals surface area contributed by atoms with Gasteiger partial charge in [0, 0.05) is 37.9 Å². The van der Waals surface area contributed by atoms with Crippen LogP contribution in [0.5, 0.6) is 0 Å². The van der Waals surface area contributed by atoms with Crippen molar-refractivity contribution in [2.24, 2.45) is 0 Å². The number of imidazole rings is 1. The van der Waals surface area contributed by atoms with Gasteiger partial charge in [0.2, 0.25) is 5.78 Å². The Labute approximate surface area is 194 Å². The van der Waals surface area contributed by atoms with Gasteiger partial charge >= 0.3 is 6.09 Å².